The number of anilines is 2. The second-order valence-corrected chi connectivity index (χ2v) is 8.90. The highest BCUT2D eigenvalue weighted by molar-refractivity contribution is 7.92. The van der Waals surface area contributed by atoms with Crippen molar-refractivity contribution in [2.24, 2.45) is 0 Å². The van der Waals surface area contributed by atoms with E-state index in [0.717, 1.165) is 17.4 Å². The number of nitrogens with zero attached hydrogens (tertiary/aromatic N) is 1. The van der Waals surface area contributed by atoms with Crippen molar-refractivity contribution in [2.75, 3.05) is 16.3 Å². The third kappa shape index (κ3) is 7.21. The fourth-order valence-electron chi connectivity index (χ4n) is 2.89. The minimum absolute atomic E-state index is 0.116. The minimum atomic E-state index is -3.42. The van der Waals surface area contributed by atoms with E-state index in [4.69, 9.17) is 9.84 Å². The van der Waals surface area contributed by atoms with Crippen molar-refractivity contribution in [3.8, 4) is 11.5 Å². The van der Waals surface area contributed by atoms with E-state index in [1.165, 1.54) is 18.3 Å². The summed E-state index contributed by atoms with van der Waals surface area (Å²) in [6.45, 7) is 2.07. The summed E-state index contributed by atoms with van der Waals surface area (Å²) in [5.74, 6) is -0.250. The van der Waals surface area contributed by atoms with E-state index < -0.39 is 22.0 Å². The van der Waals surface area contributed by atoms with Crippen molar-refractivity contribution in [1.82, 2.24) is 10.3 Å². The van der Waals surface area contributed by atoms with Crippen LogP contribution in [0.2, 0.25) is 0 Å². The van der Waals surface area contributed by atoms with Gasteiger partial charge in [-0.1, -0.05) is 18.2 Å². The van der Waals surface area contributed by atoms with Crippen molar-refractivity contribution in [3.63, 3.8) is 0 Å². The van der Waals surface area contributed by atoms with Crippen LogP contribution in [0.3, 0.4) is 0 Å². The summed E-state index contributed by atoms with van der Waals surface area (Å²) in [6, 6.07) is 14.1. The average Bonchev–Trinajstić information content (AvgIpc) is 2.73. The minimum Gasteiger partial charge on any atom is -0.477 e. The second kappa shape index (κ2) is 10.0. The van der Waals surface area contributed by atoms with E-state index in [1.54, 1.807) is 36.4 Å². The highest BCUT2D eigenvalue weighted by Crippen LogP contribution is 2.26. The molecule has 3 aromatic rings. The fraction of sp³-hybridized carbons (Fsp3) is 0.136. The van der Waals surface area contributed by atoms with Gasteiger partial charge < -0.3 is 20.5 Å². The highest BCUT2D eigenvalue weighted by atomic mass is 32.2. The molecule has 0 atom stereocenters. The zero-order valence-electron chi connectivity index (χ0n) is 17.8. The number of hydrogen-bond donors (Lipinski definition) is 4. The van der Waals surface area contributed by atoms with Gasteiger partial charge in [0.1, 0.15) is 11.5 Å². The first-order valence-corrected chi connectivity index (χ1v) is 11.6. The lowest BCUT2D eigenvalue weighted by atomic mass is 10.1. The molecule has 4 N–H and O–H groups in total. The largest absolute Gasteiger partial charge is 0.477 e. The van der Waals surface area contributed by atoms with E-state index >= 15 is 0 Å². The Bertz CT molecular complexity index is 1290. The van der Waals surface area contributed by atoms with E-state index in [1.807, 2.05) is 13.0 Å². The molecule has 2 amide bonds. The van der Waals surface area contributed by atoms with E-state index in [9.17, 15) is 18.0 Å². The van der Waals surface area contributed by atoms with Crippen LogP contribution in [0.15, 0.2) is 60.8 Å². The second-order valence-electron chi connectivity index (χ2n) is 7.15. The Morgan fingerprint density at radius 2 is 1.82 bits per heavy atom. The number of carboxylic acid groups (broad SMARTS) is 1. The van der Waals surface area contributed by atoms with Crippen LogP contribution < -0.4 is 20.1 Å². The Labute approximate surface area is 190 Å². The molecule has 0 fully saturated rings. The molecule has 33 heavy (non-hydrogen) atoms. The summed E-state index contributed by atoms with van der Waals surface area (Å²) in [5, 5.41) is 14.4. The number of nitrogens with one attached hydrogen (secondary N) is 3. The normalized spacial score (nSPS) is 10.8. The number of carbonyl (C=O) groups excluding carboxylic acids is 1. The van der Waals surface area contributed by atoms with Gasteiger partial charge in [-0.05, 0) is 48.4 Å². The third-order valence-electron chi connectivity index (χ3n) is 4.29. The molecule has 10 nitrogen and oxygen atoms in total. The number of pyridine rings is 1. The number of urea groups is 1. The number of aromatic nitrogens is 1. The quantitative estimate of drug-likeness (QED) is 0.393. The van der Waals surface area contributed by atoms with Crippen LogP contribution in [0.1, 0.15) is 21.6 Å². The SMILES string of the molecule is Cc1cc(CNC(=O)Nc2cccc(NS(C)(=O)=O)c2)ccc1Oc1ccnc(C(=O)O)c1. The van der Waals surface area contributed by atoms with Crippen LogP contribution >= 0.6 is 0 Å². The molecule has 0 spiro atoms. The fourth-order valence-corrected chi connectivity index (χ4v) is 3.44. The lowest BCUT2D eigenvalue weighted by Crippen LogP contribution is -2.28. The molecule has 0 radical (unpaired) electrons. The van der Waals surface area contributed by atoms with Crippen molar-refractivity contribution >= 4 is 33.4 Å². The van der Waals surface area contributed by atoms with E-state index in [0.29, 0.717) is 22.9 Å². The van der Waals surface area contributed by atoms with Crippen LogP contribution in [0.25, 0.3) is 0 Å². The predicted octanol–water partition coefficient (Wildman–Crippen LogP) is 3.57. The molecule has 0 saturated heterocycles. The molecular formula is C22H22N4O6S. The Kier molecular flexibility index (Phi) is 7.13. The molecule has 2 aromatic carbocycles. The van der Waals surface area contributed by atoms with Gasteiger partial charge in [0.05, 0.1) is 11.9 Å². The zero-order chi connectivity index (χ0) is 24.0. The van der Waals surface area contributed by atoms with Gasteiger partial charge in [-0.25, -0.2) is 23.0 Å². The monoisotopic (exact) mass is 470 g/mol. The summed E-state index contributed by atoms with van der Waals surface area (Å²) in [7, 11) is -3.42. The number of carbonyl (C=O) groups is 2. The molecule has 172 valence electrons. The van der Waals surface area contributed by atoms with Gasteiger partial charge in [0.15, 0.2) is 5.69 Å². The number of rotatable bonds is 8. The van der Waals surface area contributed by atoms with Crippen molar-refractivity contribution in [2.45, 2.75) is 13.5 Å². The van der Waals surface area contributed by atoms with Crippen molar-refractivity contribution in [3.05, 3.63) is 77.6 Å². The number of ether oxygens (including phenoxy) is 1. The Morgan fingerprint density at radius 3 is 2.52 bits per heavy atom. The number of carboxylic acids is 1. The molecule has 0 aliphatic carbocycles. The molecule has 0 aliphatic heterocycles. The first-order valence-electron chi connectivity index (χ1n) is 9.68. The van der Waals surface area contributed by atoms with E-state index in [2.05, 4.69) is 20.3 Å². The molecule has 11 heteroatoms. The summed E-state index contributed by atoms with van der Waals surface area (Å²) < 4.78 is 30.8. The summed E-state index contributed by atoms with van der Waals surface area (Å²) in [4.78, 5) is 27.0. The van der Waals surface area contributed by atoms with Gasteiger partial charge in [0.2, 0.25) is 10.0 Å². The third-order valence-corrected chi connectivity index (χ3v) is 4.90. The Morgan fingerprint density at radius 1 is 1.06 bits per heavy atom. The van der Waals surface area contributed by atoms with Crippen molar-refractivity contribution < 1.29 is 27.9 Å². The molecule has 1 heterocycles. The molecule has 0 unspecified atom stereocenters. The smallest absolute Gasteiger partial charge is 0.354 e. The van der Waals surface area contributed by atoms with Gasteiger partial charge in [-0.3, -0.25) is 4.72 Å². The van der Waals surface area contributed by atoms with Crippen LogP contribution in [0, 0.1) is 6.92 Å². The first-order chi connectivity index (χ1) is 15.6. The van der Waals surface area contributed by atoms with Gasteiger partial charge in [-0.2, -0.15) is 0 Å². The molecule has 1 aromatic heterocycles. The molecule has 3 rings (SSSR count). The summed E-state index contributed by atoms with van der Waals surface area (Å²) in [5.41, 5.74) is 2.27. The number of benzene rings is 2. The number of aromatic carboxylic acids is 1. The first kappa shape index (κ1) is 23.5. The summed E-state index contributed by atoms with van der Waals surface area (Å²) in [6.07, 6.45) is 2.40. The molecule has 0 aliphatic rings. The Hall–Kier alpha value is -4.12. The van der Waals surface area contributed by atoms with Gasteiger partial charge in [0.25, 0.3) is 0 Å². The van der Waals surface area contributed by atoms with Crippen LogP contribution in [-0.4, -0.2) is 36.8 Å². The lowest BCUT2D eigenvalue weighted by Gasteiger charge is -2.12. The number of aryl methyl sites for hydroxylation is 1. The van der Waals surface area contributed by atoms with Gasteiger partial charge in [0, 0.05) is 24.5 Å². The predicted molar refractivity (Wildman–Crippen MR) is 123 cm³/mol. The Balaban J connectivity index is 1.58. The number of sulfonamides is 1. The average molecular weight is 471 g/mol. The number of amides is 2. The maximum absolute atomic E-state index is 12.2. The number of hydrogen-bond acceptors (Lipinski definition) is 6. The molecule has 0 saturated carbocycles. The van der Waals surface area contributed by atoms with Crippen LogP contribution in [-0.2, 0) is 16.6 Å². The maximum Gasteiger partial charge on any atom is 0.354 e. The zero-order valence-corrected chi connectivity index (χ0v) is 18.6. The standard InChI is InChI=1S/C22H22N4O6S/c1-14-10-15(6-7-20(14)32-18-8-9-23-19(12-18)21(27)28)13-24-22(29)25-16-4-3-5-17(11-16)26-33(2,30)31/h3-12,26H,13H2,1-2H3,(H,27,28)(H2,24,25,29). The topological polar surface area (TPSA) is 147 Å². The summed E-state index contributed by atoms with van der Waals surface area (Å²) >= 11 is 0. The molecule has 0 bridgehead atoms. The molecular weight excluding hydrogens is 448 g/mol. The lowest BCUT2D eigenvalue weighted by molar-refractivity contribution is 0.0690. The van der Waals surface area contributed by atoms with Crippen LogP contribution in [0.5, 0.6) is 11.5 Å². The van der Waals surface area contributed by atoms with Gasteiger partial charge in [-0.15, -0.1) is 0 Å². The van der Waals surface area contributed by atoms with Gasteiger partial charge >= 0.3 is 12.0 Å². The van der Waals surface area contributed by atoms with Crippen molar-refractivity contribution in [1.29, 1.82) is 0 Å². The highest BCUT2D eigenvalue weighted by Gasteiger charge is 2.09. The van der Waals surface area contributed by atoms with E-state index in [-0.39, 0.29) is 12.2 Å². The maximum atomic E-state index is 12.2. The van der Waals surface area contributed by atoms with Crippen LogP contribution in [0.4, 0.5) is 16.2 Å².